The summed E-state index contributed by atoms with van der Waals surface area (Å²) < 4.78 is 0.869. The van der Waals surface area contributed by atoms with E-state index in [9.17, 15) is 9.59 Å². The lowest BCUT2D eigenvalue weighted by Crippen LogP contribution is -2.53. The van der Waals surface area contributed by atoms with Crippen molar-refractivity contribution in [3.63, 3.8) is 0 Å². The average Bonchev–Trinajstić information content (AvgIpc) is 2.39. The number of nitrogens with zero attached hydrogens (tertiary/aromatic N) is 3. The minimum atomic E-state index is -0.417. The first-order chi connectivity index (χ1) is 9.11. The van der Waals surface area contributed by atoms with Crippen LogP contribution in [-0.2, 0) is 16.1 Å². The molecular formula is C13H16BrN3O2. The van der Waals surface area contributed by atoms with Gasteiger partial charge in [0, 0.05) is 43.0 Å². The number of carbonyl (C=O) groups is 2. The lowest BCUT2D eigenvalue weighted by atomic mass is 10.2. The zero-order valence-electron chi connectivity index (χ0n) is 10.8. The van der Waals surface area contributed by atoms with E-state index in [4.69, 9.17) is 0 Å². The molecule has 1 aromatic rings. The molecule has 2 amide bonds. The number of rotatable bonds is 4. The van der Waals surface area contributed by atoms with Gasteiger partial charge in [-0.25, -0.2) is 0 Å². The van der Waals surface area contributed by atoms with E-state index < -0.39 is 11.8 Å². The largest absolute Gasteiger partial charge is 0.333 e. The Bertz CT molecular complexity index is 493. The molecule has 102 valence electrons. The van der Waals surface area contributed by atoms with Crippen molar-refractivity contribution >= 4 is 27.7 Å². The number of hydrogen-bond donors (Lipinski definition) is 0. The molecule has 0 radical (unpaired) electrons. The van der Waals surface area contributed by atoms with Crippen LogP contribution in [0.4, 0.5) is 0 Å². The minimum absolute atomic E-state index is 0.393. The highest BCUT2D eigenvalue weighted by molar-refractivity contribution is 9.10. The normalized spacial score (nSPS) is 16.1. The molecule has 2 rings (SSSR count). The number of amides is 2. The Hall–Kier alpha value is -1.43. The zero-order chi connectivity index (χ0) is 13.8. The highest BCUT2D eigenvalue weighted by atomic mass is 79.9. The van der Waals surface area contributed by atoms with Gasteiger partial charge in [0.05, 0.1) is 0 Å². The van der Waals surface area contributed by atoms with Crippen molar-refractivity contribution in [3.05, 3.63) is 28.5 Å². The number of halogens is 1. The summed E-state index contributed by atoms with van der Waals surface area (Å²) in [4.78, 5) is 31.2. The molecule has 1 saturated heterocycles. The summed E-state index contributed by atoms with van der Waals surface area (Å²) in [7, 11) is 0. The first kappa shape index (κ1) is 14.0. The molecule has 6 heteroatoms. The molecule has 0 unspecified atom stereocenters. The second-order valence-electron chi connectivity index (χ2n) is 4.53. The van der Waals surface area contributed by atoms with Gasteiger partial charge in [-0.2, -0.15) is 0 Å². The molecule has 1 aliphatic heterocycles. The maximum atomic E-state index is 12.0. The predicted octanol–water partition coefficient (Wildman–Crippen LogP) is 1.42. The number of aromatic nitrogens is 1. The van der Waals surface area contributed by atoms with Crippen molar-refractivity contribution < 1.29 is 9.59 Å². The van der Waals surface area contributed by atoms with Crippen LogP contribution in [0.3, 0.4) is 0 Å². The van der Waals surface area contributed by atoms with Gasteiger partial charge >= 0.3 is 11.8 Å². The van der Waals surface area contributed by atoms with E-state index in [1.165, 1.54) is 0 Å². The van der Waals surface area contributed by atoms with E-state index >= 15 is 0 Å². The zero-order valence-corrected chi connectivity index (χ0v) is 12.4. The standard InChI is InChI=1S/C13H16BrN3O2/c1-2-3-16-4-5-17(13(19)12(16)18)9-10-6-11(14)8-15-7-10/h6-8H,2-5,9H2,1H3. The number of carbonyl (C=O) groups excluding carboxylic acids is 2. The Kier molecular flexibility index (Phi) is 4.52. The molecule has 0 aliphatic carbocycles. The molecule has 19 heavy (non-hydrogen) atoms. The van der Waals surface area contributed by atoms with E-state index in [1.807, 2.05) is 13.0 Å². The molecule has 1 aromatic heterocycles. The molecule has 1 aliphatic rings. The van der Waals surface area contributed by atoms with Crippen molar-refractivity contribution in [2.45, 2.75) is 19.9 Å². The van der Waals surface area contributed by atoms with E-state index in [1.54, 1.807) is 22.2 Å². The van der Waals surface area contributed by atoms with E-state index in [-0.39, 0.29) is 0 Å². The monoisotopic (exact) mass is 325 g/mol. The van der Waals surface area contributed by atoms with Gasteiger partial charge in [-0.3, -0.25) is 14.6 Å². The van der Waals surface area contributed by atoms with Crippen molar-refractivity contribution in [3.8, 4) is 0 Å². The maximum absolute atomic E-state index is 12.0. The van der Waals surface area contributed by atoms with Gasteiger partial charge in [0.1, 0.15) is 0 Å². The van der Waals surface area contributed by atoms with Crippen LogP contribution in [0.5, 0.6) is 0 Å². The SMILES string of the molecule is CCCN1CCN(Cc2cncc(Br)c2)C(=O)C1=O. The summed E-state index contributed by atoms with van der Waals surface area (Å²) in [5.41, 5.74) is 0.916. The first-order valence-electron chi connectivity index (χ1n) is 6.29. The first-order valence-corrected chi connectivity index (χ1v) is 7.08. The number of piperazine rings is 1. The van der Waals surface area contributed by atoms with Crippen LogP contribution in [0, 0.1) is 0 Å². The Morgan fingerprint density at radius 3 is 2.58 bits per heavy atom. The van der Waals surface area contributed by atoms with Crippen LogP contribution >= 0.6 is 15.9 Å². The molecule has 0 N–H and O–H groups in total. The van der Waals surface area contributed by atoms with Gasteiger partial charge < -0.3 is 9.80 Å². The molecule has 0 spiro atoms. The van der Waals surface area contributed by atoms with Crippen molar-refractivity contribution in [2.75, 3.05) is 19.6 Å². The summed E-state index contributed by atoms with van der Waals surface area (Å²) in [5.74, 6) is -0.810. The molecule has 2 heterocycles. The van der Waals surface area contributed by atoms with E-state index in [2.05, 4.69) is 20.9 Å². The van der Waals surface area contributed by atoms with Gasteiger partial charge in [-0.05, 0) is 34.0 Å². The van der Waals surface area contributed by atoms with Gasteiger partial charge in [-0.1, -0.05) is 6.92 Å². The summed E-state index contributed by atoms with van der Waals surface area (Å²) in [5, 5.41) is 0. The van der Waals surface area contributed by atoms with Crippen LogP contribution in [0.1, 0.15) is 18.9 Å². The van der Waals surface area contributed by atoms with E-state index in [0.717, 1.165) is 16.5 Å². The third kappa shape index (κ3) is 3.32. The molecule has 0 atom stereocenters. The van der Waals surface area contributed by atoms with Gasteiger partial charge in [0.2, 0.25) is 0 Å². The Morgan fingerprint density at radius 1 is 1.21 bits per heavy atom. The molecule has 0 bridgehead atoms. The topological polar surface area (TPSA) is 53.5 Å². The second kappa shape index (κ2) is 6.14. The van der Waals surface area contributed by atoms with Gasteiger partial charge in [-0.15, -0.1) is 0 Å². The van der Waals surface area contributed by atoms with Crippen molar-refractivity contribution in [1.29, 1.82) is 0 Å². The lowest BCUT2D eigenvalue weighted by Gasteiger charge is -2.33. The second-order valence-corrected chi connectivity index (χ2v) is 5.45. The van der Waals surface area contributed by atoms with Crippen LogP contribution < -0.4 is 0 Å². The summed E-state index contributed by atoms with van der Waals surface area (Å²) in [6, 6.07) is 1.91. The summed E-state index contributed by atoms with van der Waals surface area (Å²) in [6.07, 6.45) is 4.27. The highest BCUT2D eigenvalue weighted by Crippen LogP contribution is 2.14. The highest BCUT2D eigenvalue weighted by Gasteiger charge is 2.31. The molecule has 5 nitrogen and oxygen atoms in total. The van der Waals surface area contributed by atoms with Crippen molar-refractivity contribution in [2.24, 2.45) is 0 Å². The van der Waals surface area contributed by atoms with Crippen LogP contribution in [-0.4, -0.2) is 46.2 Å². The maximum Gasteiger partial charge on any atom is 0.312 e. The molecule has 0 aromatic carbocycles. The van der Waals surface area contributed by atoms with Crippen LogP contribution in [0.2, 0.25) is 0 Å². The third-order valence-electron chi connectivity index (χ3n) is 3.03. The summed E-state index contributed by atoms with van der Waals surface area (Å²) in [6.45, 7) is 4.27. The number of pyridine rings is 1. The fourth-order valence-electron chi connectivity index (χ4n) is 2.11. The lowest BCUT2D eigenvalue weighted by molar-refractivity contribution is -0.156. The fraction of sp³-hybridized carbons (Fsp3) is 0.462. The third-order valence-corrected chi connectivity index (χ3v) is 3.46. The Morgan fingerprint density at radius 2 is 1.89 bits per heavy atom. The smallest absolute Gasteiger partial charge is 0.312 e. The summed E-state index contributed by atoms with van der Waals surface area (Å²) >= 11 is 3.34. The van der Waals surface area contributed by atoms with E-state index in [0.29, 0.717) is 26.2 Å². The van der Waals surface area contributed by atoms with Gasteiger partial charge in [0.25, 0.3) is 0 Å². The average molecular weight is 326 g/mol. The Labute approximate surface area is 120 Å². The molecular weight excluding hydrogens is 310 g/mol. The number of hydrogen-bond acceptors (Lipinski definition) is 3. The van der Waals surface area contributed by atoms with Crippen LogP contribution in [0.25, 0.3) is 0 Å². The predicted molar refractivity (Wildman–Crippen MR) is 74.2 cm³/mol. The Balaban J connectivity index is 2.03. The molecule has 0 saturated carbocycles. The van der Waals surface area contributed by atoms with Crippen molar-refractivity contribution in [1.82, 2.24) is 14.8 Å². The fourth-order valence-corrected chi connectivity index (χ4v) is 2.52. The van der Waals surface area contributed by atoms with Gasteiger partial charge in [0.15, 0.2) is 0 Å². The van der Waals surface area contributed by atoms with Crippen LogP contribution in [0.15, 0.2) is 22.9 Å². The molecule has 1 fully saturated rings. The minimum Gasteiger partial charge on any atom is -0.333 e. The quantitative estimate of drug-likeness (QED) is 0.787.